The van der Waals surface area contributed by atoms with Crippen LogP contribution in [0.25, 0.3) is 16.6 Å². The van der Waals surface area contributed by atoms with Crippen molar-refractivity contribution in [3.63, 3.8) is 0 Å². The minimum Gasteiger partial charge on any atom is -0.478 e. The molecule has 2 aromatic carbocycles. The van der Waals surface area contributed by atoms with E-state index >= 15 is 0 Å². The fourth-order valence-electron chi connectivity index (χ4n) is 3.02. The Hall–Kier alpha value is -3.83. The smallest absolute Gasteiger partial charge is 0.328 e. The van der Waals surface area contributed by atoms with Crippen LogP contribution in [0.5, 0.6) is 5.88 Å². The summed E-state index contributed by atoms with van der Waals surface area (Å²) in [6.07, 6.45) is 1.06. The van der Waals surface area contributed by atoms with Crippen molar-refractivity contribution in [2.75, 3.05) is 26.3 Å². The normalized spacial score (nSPS) is 15.8. The van der Waals surface area contributed by atoms with Crippen molar-refractivity contribution in [1.82, 2.24) is 15.1 Å². The minimum absolute atomic E-state index is 0.0554. The van der Waals surface area contributed by atoms with Gasteiger partial charge in [-0.3, -0.25) is 0 Å². The van der Waals surface area contributed by atoms with Crippen LogP contribution < -0.4 is 10.1 Å². The second kappa shape index (κ2) is 11.2. The van der Waals surface area contributed by atoms with Crippen molar-refractivity contribution < 1.29 is 38.1 Å². The molecule has 1 aromatic heterocycles. The maximum absolute atomic E-state index is 14.2. The number of hydrogen-bond donors (Lipinski definition) is 3. The van der Waals surface area contributed by atoms with Crippen LogP contribution in [0, 0.1) is 11.6 Å². The molecule has 0 spiro atoms. The molecular weight excluding hydrogens is 440 g/mol. The number of fused-ring (bicyclic) bond motifs is 1. The van der Waals surface area contributed by atoms with Gasteiger partial charge in [-0.05, 0) is 24.3 Å². The van der Waals surface area contributed by atoms with Gasteiger partial charge in [-0.2, -0.15) is 0 Å². The average molecular weight is 461 g/mol. The molecule has 4 rings (SSSR count). The molecule has 1 aliphatic rings. The molecule has 3 aromatic rings. The number of morpholine rings is 1. The summed E-state index contributed by atoms with van der Waals surface area (Å²) in [7, 11) is 0. The van der Waals surface area contributed by atoms with Crippen molar-refractivity contribution >= 4 is 22.8 Å². The Morgan fingerprint density at radius 2 is 1.91 bits per heavy atom. The van der Waals surface area contributed by atoms with Crippen LogP contribution in [0.2, 0.25) is 0 Å². The first-order valence-corrected chi connectivity index (χ1v) is 9.87. The molecule has 1 aliphatic heterocycles. The van der Waals surface area contributed by atoms with E-state index in [4.69, 9.17) is 19.7 Å². The molecule has 33 heavy (non-hydrogen) atoms. The number of halogens is 2. The van der Waals surface area contributed by atoms with Gasteiger partial charge in [-0.15, -0.1) is 5.10 Å². The Morgan fingerprint density at radius 1 is 1.18 bits per heavy atom. The second-order valence-corrected chi connectivity index (χ2v) is 6.85. The fourth-order valence-corrected chi connectivity index (χ4v) is 3.02. The lowest BCUT2D eigenvalue weighted by atomic mass is 10.2. The summed E-state index contributed by atoms with van der Waals surface area (Å²) in [6, 6.07) is 10.8. The molecular formula is C22H21F2N3O6. The molecule has 174 valence electrons. The first-order valence-electron chi connectivity index (χ1n) is 9.87. The molecule has 0 bridgehead atoms. The van der Waals surface area contributed by atoms with E-state index in [1.165, 1.54) is 16.8 Å². The lowest BCUT2D eigenvalue weighted by Crippen LogP contribution is -2.41. The Kier molecular flexibility index (Phi) is 8.06. The van der Waals surface area contributed by atoms with E-state index in [-0.39, 0.29) is 11.8 Å². The molecule has 0 radical (unpaired) electrons. The highest BCUT2D eigenvalue weighted by atomic mass is 19.1. The number of para-hydroxylation sites is 1. The summed E-state index contributed by atoms with van der Waals surface area (Å²) in [6.45, 7) is 2.53. The van der Waals surface area contributed by atoms with Crippen molar-refractivity contribution in [2.24, 2.45) is 0 Å². The summed E-state index contributed by atoms with van der Waals surface area (Å²) in [5.41, 5.74) is 0.855. The molecule has 0 saturated carbocycles. The Bertz CT molecular complexity index is 1140. The standard InChI is InChI=1S/C18H17F2N3O2.C4H4O4/c19-12-5-6-17(15(20)9-12)23-16-4-2-1-3-14(16)18(22-23)25-11-13-10-21-7-8-24-13;5-3(6)1-2-4(7)8/h1-6,9,13,21H,7-8,10-11H2;1-2H,(H,5,6)(H,7,8)/t13-;/m0./s1. The van der Waals surface area contributed by atoms with Crippen LogP contribution in [0.4, 0.5) is 8.78 Å². The molecule has 1 saturated heterocycles. The van der Waals surface area contributed by atoms with Gasteiger partial charge >= 0.3 is 11.9 Å². The number of carboxylic acid groups (broad SMARTS) is 2. The average Bonchev–Trinajstić information content (AvgIpc) is 3.16. The number of aromatic nitrogens is 2. The van der Waals surface area contributed by atoms with Crippen molar-refractivity contribution in [1.29, 1.82) is 0 Å². The van der Waals surface area contributed by atoms with E-state index in [2.05, 4.69) is 10.4 Å². The maximum atomic E-state index is 14.2. The largest absolute Gasteiger partial charge is 0.478 e. The van der Waals surface area contributed by atoms with E-state index in [0.29, 0.717) is 43.3 Å². The maximum Gasteiger partial charge on any atom is 0.328 e. The van der Waals surface area contributed by atoms with Crippen molar-refractivity contribution in [3.8, 4) is 11.6 Å². The van der Waals surface area contributed by atoms with Crippen molar-refractivity contribution in [2.45, 2.75) is 6.10 Å². The molecule has 2 heterocycles. The van der Waals surface area contributed by atoms with Gasteiger partial charge < -0.3 is 25.0 Å². The molecule has 1 fully saturated rings. The monoisotopic (exact) mass is 461 g/mol. The van der Waals surface area contributed by atoms with Crippen LogP contribution in [0.3, 0.4) is 0 Å². The quantitative estimate of drug-likeness (QED) is 0.479. The first kappa shape index (κ1) is 23.8. The van der Waals surface area contributed by atoms with Gasteiger partial charge in [0.25, 0.3) is 0 Å². The molecule has 11 heteroatoms. The number of ether oxygens (including phenoxy) is 2. The Morgan fingerprint density at radius 3 is 2.55 bits per heavy atom. The van der Waals surface area contributed by atoms with E-state index < -0.39 is 23.6 Å². The first-order chi connectivity index (χ1) is 15.8. The molecule has 0 aliphatic carbocycles. The highest BCUT2D eigenvalue weighted by molar-refractivity contribution is 5.89. The number of hydrogen-bond acceptors (Lipinski definition) is 6. The number of nitrogens with zero attached hydrogens (tertiary/aromatic N) is 2. The fraction of sp³-hybridized carbons (Fsp3) is 0.227. The van der Waals surface area contributed by atoms with Gasteiger partial charge in [0, 0.05) is 31.3 Å². The van der Waals surface area contributed by atoms with Crippen LogP contribution in [-0.2, 0) is 14.3 Å². The van der Waals surface area contributed by atoms with Gasteiger partial charge in [0.05, 0.1) is 17.5 Å². The third kappa shape index (κ3) is 6.57. The van der Waals surface area contributed by atoms with Gasteiger partial charge in [-0.25, -0.2) is 23.1 Å². The number of rotatable bonds is 6. The van der Waals surface area contributed by atoms with Gasteiger partial charge in [0.15, 0.2) is 5.82 Å². The Balaban J connectivity index is 0.000000331. The Labute approximate surface area is 186 Å². The zero-order valence-electron chi connectivity index (χ0n) is 17.3. The van der Waals surface area contributed by atoms with E-state index in [1.54, 1.807) is 0 Å². The summed E-state index contributed by atoms with van der Waals surface area (Å²) in [4.78, 5) is 19.1. The molecule has 3 N–H and O–H groups in total. The molecule has 0 amide bonds. The van der Waals surface area contributed by atoms with E-state index in [0.717, 1.165) is 18.0 Å². The topological polar surface area (TPSA) is 123 Å². The summed E-state index contributed by atoms with van der Waals surface area (Å²) >= 11 is 0. The third-order valence-electron chi connectivity index (χ3n) is 4.47. The molecule has 0 unspecified atom stereocenters. The summed E-state index contributed by atoms with van der Waals surface area (Å²) < 4.78 is 40.2. The number of aliphatic carboxylic acids is 2. The van der Waals surface area contributed by atoms with Crippen LogP contribution in [-0.4, -0.2) is 64.3 Å². The minimum atomic E-state index is -1.26. The highest BCUT2D eigenvalue weighted by Gasteiger charge is 2.19. The lowest BCUT2D eigenvalue weighted by molar-refractivity contribution is -0.134. The zero-order chi connectivity index (χ0) is 23.8. The lowest BCUT2D eigenvalue weighted by Gasteiger charge is -2.23. The SMILES string of the molecule is Fc1ccc(-n2nc(OC[C@@H]3CNCCO3)c3ccccc32)c(F)c1.O=C(O)C=CC(=O)O. The summed E-state index contributed by atoms with van der Waals surface area (Å²) in [5, 5.41) is 24.0. The van der Waals surface area contributed by atoms with E-state index in [1.807, 2.05) is 24.3 Å². The van der Waals surface area contributed by atoms with Gasteiger partial charge in [0.1, 0.15) is 24.2 Å². The van der Waals surface area contributed by atoms with Crippen LogP contribution in [0.15, 0.2) is 54.6 Å². The predicted octanol–water partition coefficient (Wildman–Crippen LogP) is 2.38. The summed E-state index contributed by atoms with van der Waals surface area (Å²) in [5.74, 6) is -3.43. The predicted molar refractivity (Wildman–Crippen MR) is 114 cm³/mol. The van der Waals surface area contributed by atoms with Crippen LogP contribution >= 0.6 is 0 Å². The van der Waals surface area contributed by atoms with Gasteiger partial charge in [-0.1, -0.05) is 12.1 Å². The number of carbonyl (C=O) groups is 2. The number of benzene rings is 2. The number of carboxylic acids is 2. The van der Waals surface area contributed by atoms with Crippen molar-refractivity contribution in [3.05, 3.63) is 66.3 Å². The van der Waals surface area contributed by atoms with Gasteiger partial charge in [0.2, 0.25) is 5.88 Å². The number of nitrogens with one attached hydrogen (secondary N) is 1. The molecule has 1 atom stereocenters. The molecule has 9 nitrogen and oxygen atoms in total. The third-order valence-corrected chi connectivity index (χ3v) is 4.47. The highest BCUT2D eigenvalue weighted by Crippen LogP contribution is 2.28. The zero-order valence-corrected chi connectivity index (χ0v) is 17.3. The van der Waals surface area contributed by atoms with Crippen LogP contribution in [0.1, 0.15) is 0 Å². The second-order valence-electron chi connectivity index (χ2n) is 6.85. The van der Waals surface area contributed by atoms with E-state index in [9.17, 15) is 18.4 Å².